The van der Waals surface area contributed by atoms with Gasteiger partial charge in [-0.3, -0.25) is 14.5 Å². The average Bonchev–Trinajstić information content (AvgIpc) is 3.83. The van der Waals surface area contributed by atoms with Gasteiger partial charge in [0.15, 0.2) is 6.54 Å². The van der Waals surface area contributed by atoms with Gasteiger partial charge in [-0.2, -0.15) is 8.79 Å². The van der Waals surface area contributed by atoms with E-state index < -0.39 is 52.6 Å². The second-order valence-electron chi connectivity index (χ2n) is 12.2. The number of imide groups is 2. The summed E-state index contributed by atoms with van der Waals surface area (Å²) in [7, 11) is 0.605. The van der Waals surface area contributed by atoms with Crippen LogP contribution in [0.3, 0.4) is 0 Å². The predicted molar refractivity (Wildman–Crippen MR) is 190 cm³/mol. The smallest absolute Gasteiger partial charge is 0.356 e. The number of sulfonamides is 1. The van der Waals surface area contributed by atoms with Crippen LogP contribution in [0.4, 0.5) is 0 Å². The van der Waals surface area contributed by atoms with Gasteiger partial charge in [0.2, 0.25) is 10.0 Å². The number of carbonyl (C=O) groups excluding carboxylic acids is 4. The van der Waals surface area contributed by atoms with Crippen molar-refractivity contribution in [3.63, 3.8) is 0 Å². The molecule has 0 aromatic heterocycles. The fourth-order valence-electron chi connectivity index (χ4n) is 6.21. The molecule has 52 heavy (non-hydrogen) atoms. The molecule has 0 radical (unpaired) electrons. The Bertz CT molecular complexity index is 2180. The highest BCUT2D eigenvalue weighted by Crippen LogP contribution is 2.46. The highest BCUT2D eigenvalue weighted by molar-refractivity contribution is 8.14. The van der Waals surface area contributed by atoms with Crippen molar-refractivity contribution in [2.75, 3.05) is 33.1 Å². The van der Waals surface area contributed by atoms with Crippen molar-refractivity contribution in [2.24, 2.45) is 0 Å². The molecule has 0 aliphatic carbocycles. The topological polar surface area (TPSA) is 161 Å². The summed E-state index contributed by atoms with van der Waals surface area (Å²) in [6, 6.07) is 27.1. The minimum Gasteiger partial charge on any atom is -0.497 e. The summed E-state index contributed by atoms with van der Waals surface area (Å²) in [5.74, 6) is -0.937. The molecule has 270 valence electrons. The van der Waals surface area contributed by atoms with Crippen LogP contribution >= 0.6 is 10.7 Å². The molecule has 0 N–H and O–H groups in total. The standard InChI is InChI=1S/C26H26N2O6S.C10H7ClNO4S/c1-33-21-11-7-19(8-12-21)17-27(18-20-9-13-22(34-2)14-10-20)35(31,32)16-15-28-25(29)23-5-3-4-6-24(23)26(28)30;11-17(15,16)8-5-12(8)9(13)6-3-1-2-4-7(6)10(12)14/h3-14H,15-18H2,1-2H3;1-4,8H,5H2/q;+1. The highest BCUT2D eigenvalue weighted by atomic mass is 35.7. The Labute approximate surface area is 305 Å². The quantitative estimate of drug-likeness (QED) is 0.0944. The maximum atomic E-state index is 13.5. The first kappa shape index (κ1) is 36.8. The van der Waals surface area contributed by atoms with Gasteiger partial charge in [0, 0.05) is 30.3 Å². The number of carbonyl (C=O) groups is 4. The summed E-state index contributed by atoms with van der Waals surface area (Å²) in [4.78, 5) is 50.5. The number of benzene rings is 4. The van der Waals surface area contributed by atoms with Gasteiger partial charge < -0.3 is 9.47 Å². The fourth-order valence-corrected chi connectivity index (χ4v) is 9.18. The van der Waals surface area contributed by atoms with Crippen molar-refractivity contribution >= 4 is 53.4 Å². The fraction of sp³-hybridized carbons (Fsp3) is 0.222. The molecule has 1 saturated heterocycles. The first-order valence-corrected chi connectivity index (χ1v) is 19.9. The lowest BCUT2D eigenvalue weighted by molar-refractivity contribution is -0.620. The van der Waals surface area contributed by atoms with Crippen molar-refractivity contribution in [1.82, 2.24) is 9.21 Å². The van der Waals surface area contributed by atoms with E-state index in [0.717, 1.165) is 16.0 Å². The Morgan fingerprint density at radius 1 is 0.673 bits per heavy atom. The van der Waals surface area contributed by atoms with Crippen molar-refractivity contribution in [3.8, 4) is 11.5 Å². The highest BCUT2D eigenvalue weighted by Gasteiger charge is 2.76. The number of ether oxygens (including phenoxy) is 2. The molecular formula is C36H33ClN3O10S2+. The SMILES string of the molecule is COc1ccc(CN(Cc2ccc(OC)cc2)S(=O)(=O)CCN2C(=O)c3ccccc3C2=O)cc1.O=C1c2ccccc2C(=O)[N+]12CC2S(=O)(=O)Cl. The van der Waals surface area contributed by atoms with Gasteiger partial charge in [-0.25, -0.2) is 26.4 Å². The molecule has 0 bridgehead atoms. The first-order valence-electron chi connectivity index (χ1n) is 15.9. The molecule has 1 fully saturated rings. The minimum absolute atomic E-state index is 0.0574. The Morgan fingerprint density at radius 2 is 1.08 bits per heavy atom. The van der Waals surface area contributed by atoms with Crippen molar-refractivity contribution in [3.05, 3.63) is 130 Å². The molecule has 3 aliphatic rings. The maximum absolute atomic E-state index is 13.5. The van der Waals surface area contributed by atoms with Crippen LogP contribution in [0, 0.1) is 0 Å². The summed E-state index contributed by atoms with van der Waals surface area (Å²) in [6.45, 7) is -0.0322. The van der Waals surface area contributed by atoms with Gasteiger partial charge in [-0.05, 0) is 59.7 Å². The van der Waals surface area contributed by atoms with Crippen LogP contribution in [0.1, 0.15) is 52.6 Å². The minimum atomic E-state index is -3.90. The zero-order valence-corrected chi connectivity index (χ0v) is 30.4. The summed E-state index contributed by atoms with van der Waals surface area (Å²) < 4.78 is 60.4. The molecule has 0 saturated carbocycles. The van der Waals surface area contributed by atoms with Crippen LogP contribution in [-0.2, 0) is 32.2 Å². The molecule has 4 aromatic carbocycles. The van der Waals surface area contributed by atoms with E-state index in [4.69, 9.17) is 20.2 Å². The van der Waals surface area contributed by atoms with Crippen LogP contribution in [0.25, 0.3) is 0 Å². The number of methoxy groups -OCH3 is 2. The molecule has 3 heterocycles. The van der Waals surface area contributed by atoms with Gasteiger partial charge in [0.05, 0.1) is 42.2 Å². The first-order chi connectivity index (χ1) is 24.7. The van der Waals surface area contributed by atoms with E-state index in [1.165, 1.54) is 16.4 Å². The van der Waals surface area contributed by atoms with E-state index in [-0.39, 0.29) is 43.1 Å². The van der Waals surface area contributed by atoms with E-state index >= 15 is 0 Å². The Hall–Kier alpha value is -4.93. The van der Waals surface area contributed by atoms with E-state index in [2.05, 4.69) is 0 Å². The number of rotatable bonds is 11. The maximum Gasteiger partial charge on any atom is 0.356 e. The second-order valence-corrected chi connectivity index (χ2v) is 17.1. The summed E-state index contributed by atoms with van der Waals surface area (Å²) >= 11 is 0. The largest absolute Gasteiger partial charge is 0.497 e. The zero-order chi connectivity index (χ0) is 37.4. The van der Waals surface area contributed by atoms with Gasteiger partial charge >= 0.3 is 11.8 Å². The molecule has 1 spiro atoms. The number of halogens is 1. The van der Waals surface area contributed by atoms with E-state index in [9.17, 15) is 36.0 Å². The Balaban J connectivity index is 0.000000226. The molecule has 7 rings (SSSR count). The summed E-state index contributed by atoms with van der Waals surface area (Å²) in [6.07, 6.45) is 0. The molecular weight excluding hydrogens is 734 g/mol. The van der Waals surface area contributed by atoms with Crippen LogP contribution in [-0.4, -0.2) is 92.6 Å². The monoisotopic (exact) mass is 766 g/mol. The molecule has 16 heteroatoms. The van der Waals surface area contributed by atoms with Crippen LogP contribution in [0.5, 0.6) is 11.5 Å². The number of quaternary nitrogens is 1. The third kappa shape index (κ3) is 6.97. The van der Waals surface area contributed by atoms with Crippen molar-refractivity contribution in [2.45, 2.75) is 18.5 Å². The summed E-state index contributed by atoms with van der Waals surface area (Å²) in [5.41, 5.74) is 2.71. The number of nitrogens with zero attached hydrogens (tertiary/aromatic N) is 3. The van der Waals surface area contributed by atoms with Crippen molar-refractivity contribution < 1.29 is 50.0 Å². The molecule has 4 aromatic rings. The van der Waals surface area contributed by atoms with Gasteiger partial charge in [0.1, 0.15) is 11.5 Å². The summed E-state index contributed by atoms with van der Waals surface area (Å²) in [5, 5.41) is -1.13. The molecule has 3 aliphatic heterocycles. The lowest BCUT2D eigenvalue weighted by atomic mass is 10.1. The molecule has 13 nitrogen and oxygen atoms in total. The van der Waals surface area contributed by atoms with Crippen molar-refractivity contribution in [1.29, 1.82) is 0 Å². The van der Waals surface area contributed by atoms with E-state index in [1.807, 2.05) is 0 Å². The number of hydrogen-bond acceptors (Lipinski definition) is 10. The Morgan fingerprint density at radius 3 is 1.44 bits per heavy atom. The third-order valence-electron chi connectivity index (χ3n) is 9.12. The van der Waals surface area contributed by atoms with E-state index in [1.54, 1.807) is 99.1 Å². The Kier molecular flexibility index (Phi) is 10.1. The van der Waals surface area contributed by atoms with E-state index in [0.29, 0.717) is 22.6 Å². The lowest BCUT2D eigenvalue weighted by Crippen LogP contribution is -2.39. The zero-order valence-electron chi connectivity index (χ0n) is 28.0. The lowest BCUT2D eigenvalue weighted by Gasteiger charge is -2.24. The second kappa shape index (κ2) is 14.2. The van der Waals surface area contributed by atoms with Gasteiger partial charge in [-0.1, -0.05) is 48.5 Å². The van der Waals surface area contributed by atoms with Crippen LogP contribution < -0.4 is 9.47 Å². The number of hydrogen-bond donors (Lipinski definition) is 0. The van der Waals surface area contributed by atoms with Gasteiger partial charge in [-0.15, -0.1) is 0 Å². The van der Waals surface area contributed by atoms with Crippen LogP contribution in [0.15, 0.2) is 97.1 Å². The number of amides is 4. The van der Waals surface area contributed by atoms with Gasteiger partial charge in [0.25, 0.3) is 26.2 Å². The van der Waals surface area contributed by atoms with Crippen LogP contribution in [0.2, 0.25) is 0 Å². The molecule has 1 unspecified atom stereocenters. The predicted octanol–water partition coefficient (Wildman–Crippen LogP) is 4.04. The third-order valence-corrected chi connectivity index (χ3v) is 12.6. The molecule has 1 atom stereocenters. The molecule has 4 amide bonds. The number of fused-ring (bicyclic) bond motifs is 2. The average molecular weight is 767 g/mol. The normalized spacial score (nSPS) is 17.2.